The smallest absolute Gasteiger partial charge is 0.225 e. The Labute approximate surface area is 186 Å². The minimum Gasteiger partial charge on any atom is -0.345 e. The van der Waals surface area contributed by atoms with Crippen LogP contribution in [0.4, 0.5) is 0 Å². The fourth-order valence-corrected chi connectivity index (χ4v) is 4.79. The zero-order valence-electron chi connectivity index (χ0n) is 17.1. The second-order valence-corrected chi connectivity index (χ2v) is 8.69. The van der Waals surface area contributed by atoms with Crippen molar-refractivity contribution in [3.05, 3.63) is 94.5 Å². The molecular formula is C26H23ClN2O2. The van der Waals surface area contributed by atoms with Gasteiger partial charge in [0.05, 0.1) is 12.0 Å². The summed E-state index contributed by atoms with van der Waals surface area (Å²) in [5, 5.41) is 3.94. The van der Waals surface area contributed by atoms with E-state index in [4.69, 9.17) is 11.6 Å². The molecule has 0 bridgehead atoms. The van der Waals surface area contributed by atoms with Gasteiger partial charge in [-0.25, -0.2) is 0 Å². The molecule has 2 amide bonds. The van der Waals surface area contributed by atoms with E-state index in [0.29, 0.717) is 31.0 Å². The number of hydrogen-bond donors (Lipinski definition) is 1. The Kier molecular flexibility index (Phi) is 5.24. The van der Waals surface area contributed by atoms with E-state index in [-0.39, 0.29) is 23.8 Å². The lowest BCUT2D eigenvalue weighted by molar-refractivity contribution is -0.139. The molecule has 1 N–H and O–H groups in total. The van der Waals surface area contributed by atoms with Crippen LogP contribution in [0.5, 0.6) is 0 Å². The van der Waals surface area contributed by atoms with Crippen molar-refractivity contribution < 1.29 is 9.59 Å². The van der Waals surface area contributed by atoms with Crippen molar-refractivity contribution in [2.24, 2.45) is 5.92 Å². The lowest BCUT2D eigenvalue weighted by Crippen LogP contribution is -2.46. The molecule has 5 rings (SSSR count). The average Bonchev–Trinajstić information content (AvgIpc) is 3.11. The van der Waals surface area contributed by atoms with Gasteiger partial charge in [0, 0.05) is 24.5 Å². The number of carbonyl (C=O) groups excluding carboxylic acids is 2. The molecule has 0 spiro atoms. The van der Waals surface area contributed by atoms with E-state index in [9.17, 15) is 9.59 Å². The summed E-state index contributed by atoms with van der Waals surface area (Å²) in [6.45, 7) is 0.929. The molecule has 1 atom stereocenters. The highest BCUT2D eigenvalue weighted by molar-refractivity contribution is 6.30. The maximum atomic E-state index is 13.3. The van der Waals surface area contributed by atoms with Gasteiger partial charge in [0.1, 0.15) is 0 Å². The van der Waals surface area contributed by atoms with Crippen LogP contribution in [0.1, 0.15) is 35.6 Å². The van der Waals surface area contributed by atoms with Crippen molar-refractivity contribution in [3.63, 3.8) is 0 Å². The first-order valence-corrected chi connectivity index (χ1v) is 11.0. The van der Waals surface area contributed by atoms with Crippen molar-refractivity contribution in [3.8, 4) is 11.1 Å². The summed E-state index contributed by atoms with van der Waals surface area (Å²) in [6.07, 6.45) is 0.974. The highest BCUT2D eigenvalue weighted by atomic mass is 35.5. The first-order chi connectivity index (χ1) is 15.1. The molecule has 0 radical (unpaired) electrons. The van der Waals surface area contributed by atoms with Gasteiger partial charge in [-0.05, 0) is 46.4 Å². The molecule has 1 aliphatic heterocycles. The van der Waals surface area contributed by atoms with E-state index in [1.54, 1.807) is 4.90 Å². The van der Waals surface area contributed by atoms with Gasteiger partial charge in [-0.15, -0.1) is 0 Å². The molecule has 3 aromatic rings. The number of amides is 2. The van der Waals surface area contributed by atoms with Crippen LogP contribution in [0, 0.1) is 5.92 Å². The monoisotopic (exact) mass is 430 g/mol. The third-order valence-corrected chi connectivity index (χ3v) is 6.53. The van der Waals surface area contributed by atoms with E-state index >= 15 is 0 Å². The Bertz CT molecular complexity index is 1100. The Morgan fingerprint density at radius 1 is 0.935 bits per heavy atom. The van der Waals surface area contributed by atoms with Crippen LogP contribution >= 0.6 is 11.6 Å². The van der Waals surface area contributed by atoms with Crippen LogP contribution < -0.4 is 5.32 Å². The predicted octanol–water partition coefficient (Wildman–Crippen LogP) is 4.96. The Morgan fingerprint density at radius 3 is 2.19 bits per heavy atom. The predicted molar refractivity (Wildman–Crippen MR) is 121 cm³/mol. The molecule has 1 heterocycles. The van der Waals surface area contributed by atoms with Crippen LogP contribution in [0.25, 0.3) is 11.1 Å². The summed E-state index contributed by atoms with van der Waals surface area (Å²) in [5.74, 6) is -0.120. The van der Waals surface area contributed by atoms with Crippen LogP contribution in [-0.2, 0) is 16.1 Å². The van der Waals surface area contributed by atoms with Gasteiger partial charge in [-0.1, -0.05) is 72.3 Å². The molecule has 1 aliphatic carbocycles. The zero-order valence-corrected chi connectivity index (χ0v) is 17.8. The number of carbonyl (C=O) groups is 2. The highest BCUT2D eigenvalue weighted by Gasteiger charge is 2.34. The third kappa shape index (κ3) is 3.84. The number of hydrogen-bond acceptors (Lipinski definition) is 2. The number of benzene rings is 3. The number of rotatable bonds is 4. The number of fused-ring (bicyclic) bond motifs is 3. The maximum Gasteiger partial charge on any atom is 0.225 e. The van der Waals surface area contributed by atoms with Crippen molar-refractivity contribution in [2.75, 3.05) is 6.54 Å². The van der Waals surface area contributed by atoms with Gasteiger partial charge in [0.2, 0.25) is 11.8 Å². The van der Waals surface area contributed by atoms with Gasteiger partial charge in [0.25, 0.3) is 0 Å². The average molecular weight is 431 g/mol. The minimum atomic E-state index is -0.218. The van der Waals surface area contributed by atoms with Crippen molar-refractivity contribution >= 4 is 23.4 Å². The maximum absolute atomic E-state index is 13.3. The molecule has 0 saturated carbocycles. The number of nitrogens with one attached hydrogen (secondary N) is 1. The lowest BCUT2D eigenvalue weighted by atomic mass is 9.95. The molecule has 4 nitrogen and oxygen atoms in total. The van der Waals surface area contributed by atoms with Crippen LogP contribution in [-0.4, -0.2) is 23.3 Å². The zero-order chi connectivity index (χ0) is 21.4. The minimum absolute atomic E-state index is 0.00473. The fourth-order valence-electron chi connectivity index (χ4n) is 4.66. The number of likely N-dealkylation sites (tertiary alicyclic amines) is 1. The van der Waals surface area contributed by atoms with Gasteiger partial charge >= 0.3 is 0 Å². The van der Waals surface area contributed by atoms with Gasteiger partial charge in [0.15, 0.2) is 0 Å². The van der Waals surface area contributed by atoms with Crippen LogP contribution in [0.2, 0.25) is 5.02 Å². The van der Waals surface area contributed by atoms with Crippen LogP contribution in [0.3, 0.4) is 0 Å². The lowest BCUT2D eigenvalue weighted by Gasteiger charge is -2.32. The molecule has 2 aliphatic rings. The SMILES string of the molecule is O=C(NC1c2ccccc2-c2ccccc21)[C@@H]1CCC(=O)N(Cc2ccc(Cl)cc2)C1. The molecule has 3 aromatic carbocycles. The van der Waals surface area contributed by atoms with Crippen molar-refractivity contribution in [1.82, 2.24) is 10.2 Å². The summed E-state index contributed by atoms with van der Waals surface area (Å²) in [5.41, 5.74) is 5.61. The van der Waals surface area contributed by atoms with Crippen LogP contribution in [0.15, 0.2) is 72.8 Å². The molecule has 5 heteroatoms. The van der Waals surface area contributed by atoms with Crippen molar-refractivity contribution in [1.29, 1.82) is 0 Å². The summed E-state index contributed by atoms with van der Waals surface area (Å²) < 4.78 is 0. The molecule has 1 saturated heterocycles. The standard InChI is InChI=1S/C26H23ClN2O2/c27-19-12-9-17(10-13-19)15-29-16-18(11-14-24(29)30)26(31)28-25-22-7-3-1-5-20(22)21-6-2-4-8-23(21)25/h1-10,12-13,18,25H,11,14-16H2,(H,28,31)/t18-/m1/s1. The molecule has 1 fully saturated rings. The van der Waals surface area contributed by atoms with Gasteiger partial charge in [-0.2, -0.15) is 0 Å². The summed E-state index contributed by atoms with van der Waals surface area (Å²) >= 11 is 5.97. The van der Waals surface area contributed by atoms with Gasteiger partial charge in [-0.3, -0.25) is 9.59 Å². The molecule has 0 aromatic heterocycles. The second-order valence-electron chi connectivity index (χ2n) is 8.25. The summed E-state index contributed by atoms with van der Waals surface area (Å²) in [4.78, 5) is 27.5. The Hall–Kier alpha value is -3.11. The van der Waals surface area contributed by atoms with Crippen molar-refractivity contribution in [2.45, 2.75) is 25.4 Å². The normalized spacial score (nSPS) is 17.9. The quantitative estimate of drug-likeness (QED) is 0.635. The molecule has 156 valence electrons. The third-order valence-electron chi connectivity index (χ3n) is 6.28. The fraction of sp³-hybridized carbons (Fsp3) is 0.231. The van der Waals surface area contributed by atoms with E-state index in [2.05, 4.69) is 29.6 Å². The second kappa shape index (κ2) is 8.20. The number of piperidine rings is 1. The number of nitrogens with zero attached hydrogens (tertiary/aromatic N) is 1. The Balaban J connectivity index is 1.32. The molecular weight excluding hydrogens is 408 g/mol. The topological polar surface area (TPSA) is 49.4 Å². The first kappa shape index (κ1) is 19.8. The van der Waals surface area contributed by atoms with E-state index in [1.807, 2.05) is 48.5 Å². The summed E-state index contributed by atoms with van der Waals surface area (Å²) in [7, 11) is 0. The van der Waals surface area contributed by atoms with E-state index in [0.717, 1.165) is 16.7 Å². The first-order valence-electron chi connectivity index (χ1n) is 10.6. The largest absolute Gasteiger partial charge is 0.345 e. The van der Waals surface area contributed by atoms with Gasteiger partial charge < -0.3 is 10.2 Å². The van der Waals surface area contributed by atoms with E-state index in [1.165, 1.54) is 11.1 Å². The Morgan fingerprint density at radius 2 is 1.55 bits per heavy atom. The molecule has 0 unspecified atom stereocenters. The van der Waals surface area contributed by atoms with E-state index < -0.39 is 0 Å². The molecule has 31 heavy (non-hydrogen) atoms. The summed E-state index contributed by atoms with van der Waals surface area (Å²) in [6, 6.07) is 23.8. The number of halogens is 1. The highest BCUT2D eigenvalue weighted by Crippen LogP contribution is 2.43.